The summed E-state index contributed by atoms with van der Waals surface area (Å²) in [5, 5.41) is 16.2. The van der Waals surface area contributed by atoms with E-state index in [0.717, 1.165) is 11.5 Å². The predicted molar refractivity (Wildman–Crippen MR) is 120 cm³/mol. The maximum absolute atomic E-state index is 12.3. The molecule has 0 aliphatic carbocycles. The molecular weight excluding hydrogens is 426 g/mol. The predicted octanol–water partition coefficient (Wildman–Crippen LogP) is 3.27. The molecule has 0 atom stereocenters. The van der Waals surface area contributed by atoms with Gasteiger partial charge in [-0.3, -0.25) is 9.59 Å². The smallest absolute Gasteiger partial charge is 0.251 e. The SMILES string of the molecule is Cn1cnnc1SCC(=O)Nc1cccc(C(=O)NCCSCc2cccs2)c1. The van der Waals surface area contributed by atoms with Gasteiger partial charge in [0.2, 0.25) is 5.91 Å². The molecule has 29 heavy (non-hydrogen) atoms. The summed E-state index contributed by atoms with van der Waals surface area (Å²) in [6, 6.07) is 11.1. The molecule has 2 heterocycles. The van der Waals surface area contributed by atoms with E-state index in [1.807, 2.05) is 13.1 Å². The zero-order chi connectivity index (χ0) is 20.5. The lowest BCUT2D eigenvalue weighted by atomic mass is 10.2. The molecule has 0 aliphatic rings. The topological polar surface area (TPSA) is 88.9 Å². The van der Waals surface area contributed by atoms with E-state index < -0.39 is 0 Å². The Balaban J connectivity index is 1.41. The van der Waals surface area contributed by atoms with Crippen LogP contribution in [0.5, 0.6) is 0 Å². The Morgan fingerprint density at radius 2 is 2.14 bits per heavy atom. The number of aromatic nitrogens is 3. The zero-order valence-electron chi connectivity index (χ0n) is 15.8. The molecule has 2 amide bonds. The summed E-state index contributed by atoms with van der Waals surface area (Å²) in [5.41, 5.74) is 1.11. The first-order valence-electron chi connectivity index (χ1n) is 8.87. The average molecular weight is 448 g/mol. The van der Waals surface area contributed by atoms with E-state index in [-0.39, 0.29) is 17.6 Å². The second-order valence-corrected chi connectivity index (χ2v) is 9.11. The normalized spacial score (nSPS) is 10.7. The first kappa shape index (κ1) is 21.4. The van der Waals surface area contributed by atoms with Gasteiger partial charge >= 0.3 is 0 Å². The molecule has 0 bridgehead atoms. The maximum Gasteiger partial charge on any atom is 0.251 e. The van der Waals surface area contributed by atoms with Gasteiger partial charge in [-0.15, -0.1) is 21.5 Å². The van der Waals surface area contributed by atoms with Crippen LogP contribution in [-0.4, -0.2) is 44.6 Å². The standard InChI is InChI=1S/C19H21N5O2S3/c1-24-13-21-23-19(24)29-12-17(25)22-15-5-2-4-14(10-15)18(26)20-7-9-27-11-16-6-3-8-28-16/h2-6,8,10,13H,7,9,11-12H2,1H3,(H,20,26)(H,22,25). The van der Waals surface area contributed by atoms with Crippen LogP contribution in [0.15, 0.2) is 53.3 Å². The Morgan fingerprint density at radius 1 is 1.24 bits per heavy atom. The fourth-order valence-electron chi connectivity index (χ4n) is 2.37. The molecule has 0 saturated carbocycles. The summed E-state index contributed by atoms with van der Waals surface area (Å²) >= 11 is 4.83. The number of carbonyl (C=O) groups excluding carboxylic acids is 2. The molecule has 1 aromatic carbocycles. The Hall–Kier alpha value is -2.30. The summed E-state index contributed by atoms with van der Waals surface area (Å²) in [6.45, 7) is 0.597. The number of amides is 2. The summed E-state index contributed by atoms with van der Waals surface area (Å²) in [7, 11) is 1.82. The second-order valence-electron chi connectivity index (χ2n) is 6.03. The van der Waals surface area contributed by atoms with E-state index in [1.54, 1.807) is 58.3 Å². The maximum atomic E-state index is 12.3. The van der Waals surface area contributed by atoms with Gasteiger partial charge in [-0.05, 0) is 29.6 Å². The molecule has 0 fully saturated rings. The fourth-order valence-corrected chi connectivity index (χ4v) is 4.76. The van der Waals surface area contributed by atoms with Crippen molar-refractivity contribution in [2.45, 2.75) is 10.9 Å². The summed E-state index contributed by atoms with van der Waals surface area (Å²) in [6.07, 6.45) is 1.59. The number of benzene rings is 1. The molecule has 3 rings (SSSR count). The minimum atomic E-state index is -0.166. The van der Waals surface area contributed by atoms with Crippen LogP contribution >= 0.6 is 34.9 Å². The number of carbonyl (C=O) groups is 2. The van der Waals surface area contributed by atoms with Crippen LogP contribution in [0.1, 0.15) is 15.2 Å². The van der Waals surface area contributed by atoms with Crippen molar-refractivity contribution < 1.29 is 9.59 Å². The van der Waals surface area contributed by atoms with E-state index >= 15 is 0 Å². The molecule has 10 heteroatoms. The number of thioether (sulfide) groups is 2. The van der Waals surface area contributed by atoms with Crippen molar-refractivity contribution in [2.24, 2.45) is 7.05 Å². The molecule has 2 aromatic heterocycles. The van der Waals surface area contributed by atoms with Crippen molar-refractivity contribution in [3.05, 3.63) is 58.5 Å². The Labute approximate surface area is 181 Å². The van der Waals surface area contributed by atoms with E-state index in [9.17, 15) is 9.59 Å². The van der Waals surface area contributed by atoms with E-state index in [0.29, 0.717) is 23.0 Å². The molecule has 0 spiro atoms. The van der Waals surface area contributed by atoms with Gasteiger partial charge in [0.1, 0.15) is 6.33 Å². The molecule has 0 unspecified atom stereocenters. The molecule has 152 valence electrons. The van der Waals surface area contributed by atoms with Gasteiger partial charge in [-0.25, -0.2) is 0 Å². The fraction of sp³-hybridized carbons (Fsp3) is 0.263. The largest absolute Gasteiger partial charge is 0.351 e. The molecular formula is C19H21N5O2S3. The quantitative estimate of drug-likeness (QED) is 0.366. The van der Waals surface area contributed by atoms with Crippen LogP contribution in [0.3, 0.4) is 0 Å². The Bertz CT molecular complexity index is 943. The van der Waals surface area contributed by atoms with Gasteiger partial charge in [-0.2, -0.15) is 11.8 Å². The van der Waals surface area contributed by atoms with Crippen molar-refractivity contribution in [2.75, 3.05) is 23.4 Å². The van der Waals surface area contributed by atoms with Crippen molar-refractivity contribution >= 4 is 52.4 Å². The molecule has 2 N–H and O–H groups in total. The van der Waals surface area contributed by atoms with Gasteiger partial charge in [0.25, 0.3) is 5.91 Å². The number of nitrogens with zero attached hydrogens (tertiary/aromatic N) is 3. The lowest BCUT2D eigenvalue weighted by Gasteiger charge is -2.08. The van der Waals surface area contributed by atoms with Gasteiger partial charge in [0.05, 0.1) is 5.75 Å². The lowest BCUT2D eigenvalue weighted by molar-refractivity contribution is -0.113. The highest BCUT2D eigenvalue weighted by Crippen LogP contribution is 2.17. The highest BCUT2D eigenvalue weighted by Gasteiger charge is 2.10. The number of rotatable bonds is 10. The van der Waals surface area contributed by atoms with Crippen LogP contribution in [0.2, 0.25) is 0 Å². The third kappa shape index (κ3) is 6.91. The molecule has 0 saturated heterocycles. The third-order valence-electron chi connectivity index (χ3n) is 3.77. The molecule has 7 nitrogen and oxygen atoms in total. The Morgan fingerprint density at radius 3 is 2.90 bits per heavy atom. The van der Waals surface area contributed by atoms with Gasteiger partial charge in [-0.1, -0.05) is 23.9 Å². The average Bonchev–Trinajstić information content (AvgIpc) is 3.38. The third-order valence-corrected chi connectivity index (χ3v) is 6.87. The minimum absolute atomic E-state index is 0.147. The van der Waals surface area contributed by atoms with Crippen LogP contribution < -0.4 is 10.6 Å². The first-order valence-corrected chi connectivity index (χ1v) is 11.9. The van der Waals surface area contributed by atoms with E-state index in [2.05, 4.69) is 32.3 Å². The zero-order valence-corrected chi connectivity index (χ0v) is 18.3. The first-order chi connectivity index (χ1) is 14.1. The minimum Gasteiger partial charge on any atom is -0.351 e. The van der Waals surface area contributed by atoms with Crippen LogP contribution in [0, 0.1) is 0 Å². The summed E-state index contributed by atoms with van der Waals surface area (Å²) in [4.78, 5) is 25.8. The van der Waals surface area contributed by atoms with Crippen molar-refractivity contribution in [1.82, 2.24) is 20.1 Å². The summed E-state index contributed by atoms with van der Waals surface area (Å²) in [5.74, 6) is 1.71. The molecule has 3 aromatic rings. The Kier molecular flexibility index (Phi) is 8.14. The highest BCUT2D eigenvalue weighted by molar-refractivity contribution is 7.99. The van der Waals surface area contributed by atoms with Crippen LogP contribution in [0.4, 0.5) is 5.69 Å². The number of thiophene rings is 1. The van der Waals surface area contributed by atoms with Gasteiger partial charge in [0, 0.05) is 41.2 Å². The highest BCUT2D eigenvalue weighted by atomic mass is 32.2. The monoisotopic (exact) mass is 447 g/mol. The van der Waals surface area contributed by atoms with Crippen LogP contribution in [0.25, 0.3) is 0 Å². The van der Waals surface area contributed by atoms with Crippen molar-refractivity contribution in [3.63, 3.8) is 0 Å². The number of aryl methyl sites for hydroxylation is 1. The van der Waals surface area contributed by atoms with Gasteiger partial charge in [0.15, 0.2) is 5.16 Å². The number of hydrogen-bond donors (Lipinski definition) is 2. The van der Waals surface area contributed by atoms with Crippen molar-refractivity contribution in [1.29, 1.82) is 0 Å². The number of nitrogens with one attached hydrogen (secondary N) is 2. The second kappa shape index (κ2) is 11.0. The van der Waals surface area contributed by atoms with E-state index in [4.69, 9.17) is 0 Å². The summed E-state index contributed by atoms with van der Waals surface area (Å²) < 4.78 is 1.75. The number of hydrogen-bond acceptors (Lipinski definition) is 7. The molecule has 0 aliphatic heterocycles. The van der Waals surface area contributed by atoms with E-state index in [1.165, 1.54) is 16.6 Å². The lowest BCUT2D eigenvalue weighted by Crippen LogP contribution is -2.26. The van der Waals surface area contributed by atoms with Crippen LogP contribution in [-0.2, 0) is 17.6 Å². The van der Waals surface area contributed by atoms with Gasteiger partial charge < -0.3 is 15.2 Å². The number of anilines is 1. The molecule has 0 radical (unpaired) electrons. The van der Waals surface area contributed by atoms with Crippen molar-refractivity contribution in [3.8, 4) is 0 Å².